The molecule has 2 aliphatic heterocycles. The van der Waals surface area contributed by atoms with Crippen molar-refractivity contribution in [1.82, 2.24) is 19.6 Å². The Morgan fingerprint density at radius 1 is 1.00 bits per heavy atom. The lowest BCUT2D eigenvalue weighted by Gasteiger charge is -2.30. The molecular weight excluding hydrogens is 420 g/mol. The highest BCUT2D eigenvalue weighted by Crippen LogP contribution is 2.22. The van der Waals surface area contributed by atoms with Gasteiger partial charge in [0.2, 0.25) is 11.8 Å². The van der Waals surface area contributed by atoms with Crippen LogP contribution in [0.1, 0.15) is 24.1 Å². The van der Waals surface area contributed by atoms with Crippen molar-refractivity contribution in [1.29, 1.82) is 0 Å². The zero-order chi connectivity index (χ0) is 22.8. The Kier molecular flexibility index (Phi) is 5.73. The Labute approximate surface area is 191 Å². The van der Waals surface area contributed by atoms with Crippen molar-refractivity contribution in [3.63, 3.8) is 0 Å². The van der Waals surface area contributed by atoms with E-state index in [0.29, 0.717) is 45.5 Å². The van der Waals surface area contributed by atoms with E-state index in [1.54, 1.807) is 9.58 Å². The van der Waals surface area contributed by atoms with Gasteiger partial charge in [-0.1, -0.05) is 36.4 Å². The molecule has 2 aromatic carbocycles. The van der Waals surface area contributed by atoms with Gasteiger partial charge in [-0.15, -0.1) is 0 Å². The van der Waals surface area contributed by atoms with E-state index >= 15 is 0 Å². The molecule has 1 aromatic heterocycles. The van der Waals surface area contributed by atoms with Crippen molar-refractivity contribution in [2.45, 2.75) is 38.4 Å². The second kappa shape index (κ2) is 8.97. The summed E-state index contributed by atoms with van der Waals surface area (Å²) in [5, 5.41) is 2.76. The molecule has 1 unspecified atom stereocenters. The van der Waals surface area contributed by atoms with Crippen molar-refractivity contribution in [2.75, 3.05) is 13.2 Å². The molecule has 0 spiro atoms. The van der Waals surface area contributed by atoms with Crippen molar-refractivity contribution in [2.24, 2.45) is 0 Å². The maximum atomic E-state index is 13.4. The Balaban J connectivity index is 1.45. The van der Waals surface area contributed by atoms with Crippen molar-refractivity contribution < 1.29 is 14.3 Å². The number of carbonyl (C=O) groups excluding carboxylic acids is 2. The molecule has 1 N–H and O–H groups in total. The minimum atomic E-state index is -0.475. The molecule has 0 bridgehead atoms. The number of fused-ring (bicyclic) bond motifs is 1. The maximum absolute atomic E-state index is 13.4. The SMILES string of the molecule is O=C1CCC(C(=O)N2CCc3c(n(CCOc4ccccc4)n(-c4ccccc4)c3=O)C2)N1. The molecular formula is C25H26N4O4. The molecule has 1 saturated heterocycles. The summed E-state index contributed by atoms with van der Waals surface area (Å²) in [4.78, 5) is 39.7. The molecule has 1 atom stereocenters. The summed E-state index contributed by atoms with van der Waals surface area (Å²) in [7, 11) is 0. The fourth-order valence-electron chi connectivity index (χ4n) is 4.61. The molecule has 3 aromatic rings. The van der Waals surface area contributed by atoms with Crippen LogP contribution in [-0.2, 0) is 29.1 Å². The molecule has 1 fully saturated rings. The molecule has 8 heteroatoms. The summed E-state index contributed by atoms with van der Waals surface area (Å²) in [6.45, 7) is 1.63. The fourth-order valence-corrected chi connectivity index (χ4v) is 4.61. The maximum Gasteiger partial charge on any atom is 0.274 e. The van der Waals surface area contributed by atoms with Crippen LogP contribution >= 0.6 is 0 Å². The summed E-state index contributed by atoms with van der Waals surface area (Å²) in [5.41, 5.74) is 2.28. The Hall–Kier alpha value is -3.81. The van der Waals surface area contributed by atoms with Gasteiger partial charge in [-0.05, 0) is 37.1 Å². The number of rotatable bonds is 6. The van der Waals surface area contributed by atoms with Gasteiger partial charge in [-0.3, -0.25) is 19.1 Å². The quantitative estimate of drug-likeness (QED) is 0.627. The number of hydrogen-bond acceptors (Lipinski definition) is 4. The highest BCUT2D eigenvalue weighted by atomic mass is 16.5. The number of para-hydroxylation sites is 2. The zero-order valence-corrected chi connectivity index (χ0v) is 18.3. The van der Waals surface area contributed by atoms with E-state index < -0.39 is 6.04 Å². The van der Waals surface area contributed by atoms with E-state index in [-0.39, 0.29) is 17.4 Å². The first-order chi connectivity index (χ1) is 16.1. The van der Waals surface area contributed by atoms with Crippen LogP contribution in [0.5, 0.6) is 5.75 Å². The first kappa shape index (κ1) is 21.1. The van der Waals surface area contributed by atoms with Gasteiger partial charge in [-0.25, -0.2) is 4.68 Å². The summed E-state index contributed by atoms with van der Waals surface area (Å²) in [6, 6.07) is 18.6. The third-order valence-electron chi connectivity index (χ3n) is 6.25. The van der Waals surface area contributed by atoms with Crippen LogP contribution < -0.4 is 15.6 Å². The first-order valence-electron chi connectivity index (χ1n) is 11.3. The predicted octanol–water partition coefficient (Wildman–Crippen LogP) is 1.88. The average Bonchev–Trinajstić information content (AvgIpc) is 3.41. The van der Waals surface area contributed by atoms with E-state index in [1.807, 2.05) is 65.3 Å². The number of hydrogen-bond donors (Lipinski definition) is 1. The lowest BCUT2D eigenvalue weighted by atomic mass is 10.1. The molecule has 2 aliphatic rings. The number of nitrogens with one attached hydrogen (secondary N) is 1. The third-order valence-corrected chi connectivity index (χ3v) is 6.25. The Morgan fingerprint density at radius 3 is 2.42 bits per heavy atom. The van der Waals surface area contributed by atoms with Gasteiger partial charge >= 0.3 is 0 Å². The number of nitrogens with zero attached hydrogens (tertiary/aromatic N) is 3. The molecule has 0 saturated carbocycles. The van der Waals surface area contributed by atoms with E-state index in [9.17, 15) is 14.4 Å². The fraction of sp³-hybridized carbons (Fsp3) is 0.320. The van der Waals surface area contributed by atoms with Crippen LogP contribution in [0, 0.1) is 0 Å². The number of benzene rings is 2. The predicted molar refractivity (Wildman–Crippen MR) is 122 cm³/mol. The lowest BCUT2D eigenvalue weighted by Crippen LogP contribution is -2.46. The normalized spacial score (nSPS) is 17.5. The van der Waals surface area contributed by atoms with Crippen molar-refractivity contribution in [3.8, 4) is 11.4 Å². The molecule has 0 aliphatic carbocycles. The minimum Gasteiger partial charge on any atom is -0.492 e. The number of aromatic nitrogens is 2. The van der Waals surface area contributed by atoms with Crippen LogP contribution in [0.15, 0.2) is 65.5 Å². The van der Waals surface area contributed by atoms with Crippen LogP contribution in [0.3, 0.4) is 0 Å². The van der Waals surface area contributed by atoms with Gasteiger partial charge < -0.3 is 15.0 Å². The minimum absolute atomic E-state index is 0.0582. The van der Waals surface area contributed by atoms with Gasteiger partial charge in [0.05, 0.1) is 24.5 Å². The molecule has 0 radical (unpaired) electrons. The smallest absolute Gasteiger partial charge is 0.274 e. The van der Waals surface area contributed by atoms with Crippen LogP contribution in [0.25, 0.3) is 5.69 Å². The van der Waals surface area contributed by atoms with E-state index in [0.717, 1.165) is 22.7 Å². The van der Waals surface area contributed by atoms with E-state index in [1.165, 1.54) is 0 Å². The molecule has 3 heterocycles. The molecule has 2 amide bonds. The van der Waals surface area contributed by atoms with E-state index in [2.05, 4.69) is 5.32 Å². The Morgan fingerprint density at radius 2 is 1.73 bits per heavy atom. The molecule has 33 heavy (non-hydrogen) atoms. The van der Waals surface area contributed by atoms with Crippen LogP contribution in [-0.4, -0.2) is 45.3 Å². The highest BCUT2D eigenvalue weighted by molar-refractivity contribution is 5.90. The topological polar surface area (TPSA) is 85.6 Å². The van der Waals surface area contributed by atoms with Crippen molar-refractivity contribution >= 4 is 11.8 Å². The molecule has 170 valence electrons. The highest BCUT2D eigenvalue weighted by Gasteiger charge is 2.34. The second-order valence-corrected chi connectivity index (χ2v) is 8.33. The second-order valence-electron chi connectivity index (χ2n) is 8.33. The third kappa shape index (κ3) is 4.16. The van der Waals surface area contributed by atoms with Gasteiger partial charge in [0.15, 0.2) is 0 Å². The zero-order valence-electron chi connectivity index (χ0n) is 18.3. The van der Waals surface area contributed by atoms with E-state index in [4.69, 9.17) is 4.74 Å². The monoisotopic (exact) mass is 446 g/mol. The molecule has 8 nitrogen and oxygen atoms in total. The number of carbonyl (C=O) groups is 2. The first-order valence-corrected chi connectivity index (χ1v) is 11.3. The number of ether oxygens (including phenoxy) is 1. The van der Waals surface area contributed by atoms with Gasteiger partial charge in [-0.2, -0.15) is 0 Å². The standard InChI is InChI=1S/C25H26N4O4/c30-23-12-11-21(26-23)25(32)27-14-13-20-22(17-27)28(15-16-33-19-9-5-2-6-10-19)29(24(20)31)18-7-3-1-4-8-18/h1-10,21H,11-17H2,(H,26,30). The van der Waals surface area contributed by atoms with Crippen molar-refractivity contribution in [3.05, 3.63) is 82.3 Å². The average molecular weight is 447 g/mol. The van der Waals surface area contributed by atoms with Gasteiger partial charge in [0, 0.05) is 18.5 Å². The number of amides is 2. The summed E-state index contributed by atoms with van der Waals surface area (Å²) in [6.07, 6.45) is 1.38. The van der Waals surface area contributed by atoms with Gasteiger partial charge in [0.25, 0.3) is 5.56 Å². The van der Waals surface area contributed by atoms with Crippen LogP contribution in [0.2, 0.25) is 0 Å². The summed E-state index contributed by atoms with van der Waals surface area (Å²) in [5.74, 6) is 0.593. The summed E-state index contributed by atoms with van der Waals surface area (Å²) >= 11 is 0. The lowest BCUT2D eigenvalue weighted by molar-refractivity contribution is -0.135. The Bertz CT molecular complexity index is 1220. The summed E-state index contributed by atoms with van der Waals surface area (Å²) < 4.78 is 9.52. The largest absolute Gasteiger partial charge is 0.492 e. The van der Waals surface area contributed by atoms with Crippen LogP contribution in [0.4, 0.5) is 0 Å². The molecule has 5 rings (SSSR count). The van der Waals surface area contributed by atoms with Gasteiger partial charge in [0.1, 0.15) is 18.4 Å².